The van der Waals surface area contributed by atoms with Crippen LogP contribution in [0.3, 0.4) is 0 Å². The van der Waals surface area contributed by atoms with Crippen LogP contribution in [0.4, 0.5) is 0 Å². The molecule has 0 fully saturated rings. The minimum atomic E-state index is -3.76. The summed E-state index contributed by atoms with van der Waals surface area (Å²) in [5, 5.41) is 0. The SMILES string of the molecule is COC(=O)COCCOCCOCCOCCOS(=O)(=O)c1ccc(C)cc1. The average molecular weight is 420 g/mol. The molecule has 160 valence electrons. The molecule has 0 aromatic heterocycles. The van der Waals surface area contributed by atoms with Gasteiger partial charge in [0.15, 0.2) is 0 Å². The van der Waals surface area contributed by atoms with Crippen molar-refractivity contribution in [3.05, 3.63) is 29.8 Å². The van der Waals surface area contributed by atoms with Crippen molar-refractivity contribution in [1.82, 2.24) is 0 Å². The van der Waals surface area contributed by atoms with Crippen LogP contribution in [0.15, 0.2) is 29.2 Å². The van der Waals surface area contributed by atoms with Gasteiger partial charge in [0.1, 0.15) is 6.61 Å². The van der Waals surface area contributed by atoms with Crippen LogP contribution in [0.2, 0.25) is 0 Å². The molecule has 0 aliphatic carbocycles. The predicted molar refractivity (Wildman–Crippen MR) is 99.6 cm³/mol. The van der Waals surface area contributed by atoms with E-state index in [1.165, 1.54) is 19.2 Å². The minimum absolute atomic E-state index is 0.0646. The molecule has 0 aliphatic heterocycles. The van der Waals surface area contributed by atoms with E-state index < -0.39 is 16.1 Å². The number of aryl methyl sites for hydroxylation is 1. The predicted octanol–water partition coefficient (Wildman–Crippen LogP) is 0.940. The van der Waals surface area contributed by atoms with Gasteiger partial charge < -0.3 is 23.7 Å². The lowest BCUT2D eigenvalue weighted by Crippen LogP contribution is -2.16. The molecule has 0 atom stereocenters. The van der Waals surface area contributed by atoms with Gasteiger partial charge in [-0.05, 0) is 19.1 Å². The van der Waals surface area contributed by atoms with Crippen LogP contribution in [-0.2, 0) is 42.8 Å². The van der Waals surface area contributed by atoms with Gasteiger partial charge >= 0.3 is 5.97 Å². The van der Waals surface area contributed by atoms with Crippen molar-refractivity contribution >= 4 is 16.1 Å². The standard InChI is InChI=1S/C18H28O9S/c1-16-3-5-17(6-4-16)28(20,21)27-14-13-25-10-9-23-7-8-24-11-12-26-15-18(19)22-2/h3-6H,7-15H2,1-2H3. The number of esters is 1. The summed E-state index contributed by atoms with van der Waals surface area (Å²) < 4.78 is 54.0. The normalized spacial score (nSPS) is 11.5. The highest BCUT2D eigenvalue weighted by Crippen LogP contribution is 2.12. The number of carbonyl (C=O) groups is 1. The lowest BCUT2D eigenvalue weighted by molar-refractivity contribution is -0.146. The van der Waals surface area contributed by atoms with E-state index in [4.69, 9.17) is 23.1 Å². The van der Waals surface area contributed by atoms with Crippen LogP contribution < -0.4 is 0 Å². The highest BCUT2D eigenvalue weighted by atomic mass is 32.2. The van der Waals surface area contributed by atoms with Crippen LogP contribution in [0.5, 0.6) is 0 Å². The zero-order chi connectivity index (χ0) is 20.7. The van der Waals surface area contributed by atoms with Crippen molar-refractivity contribution in [2.24, 2.45) is 0 Å². The number of ether oxygens (including phenoxy) is 5. The Bertz CT molecular complexity index is 644. The number of hydrogen-bond donors (Lipinski definition) is 0. The first-order chi connectivity index (χ1) is 13.5. The Labute approximate surface area is 165 Å². The largest absolute Gasteiger partial charge is 0.467 e. The van der Waals surface area contributed by atoms with E-state index in [0.717, 1.165) is 5.56 Å². The number of rotatable bonds is 16. The van der Waals surface area contributed by atoms with E-state index in [2.05, 4.69) is 4.74 Å². The van der Waals surface area contributed by atoms with Crippen molar-refractivity contribution in [3.8, 4) is 0 Å². The van der Waals surface area contributed by atoms with Gasteiger partial charge in [-0.1, -0.05) is 17.7 Å². The van der Waals surface area contributed by atoms with Crippen molar-refractivity contribution in [2.45, 2.75) is 11.8 Å². The van der Waals surface area contributed by atoms with Gasteiger partial charge in [-0.2, -0.15) is 8.42 Å². The second kappa shape index (κ2) is 14.4. The molecule has 0 spiro atoms. The van der Waals surface area contributed by atoms with Crippen LogP contribution in [-0.4, -0.2) is 81.0 Å². The zero-order valence-corrected chi connectivity index (χ0v) is 17.1. The van der Waals surface area contributed by atoms with E-state index in [1.54, 1.807) is 12.1 Å². The Morgan fingerprint density at radius 1 is 0.786 bits per heavy atom. The summed E-state index contributed by atoms with van der Waals surface area (Å²) in [5.74, 6) is -0.429. The summed E-state index contributed by atoms with van der Waals surface area (Å²) in [4.78, 5) is 10.9. The van der Waals surface area contributed by atoms with E-state index in [-0.39, 0.29) is 24.7 Å². The molecule has 0 aliphatic rings. The van der Waals surface area contributed by atoms with Gasteiger partial charge in [-0.25, -0.2) is 4.79 Å². The first-order valence-electron chi connectivity index (χ1n) is 8.79. The number of methoxy groups -OCH3 is 1. The third kappa shape index (κ3) is 11.3. The quantitative estimate of drug-likeness (QED) is 0.219. The van der Waals surface area contributed by atoms with Crippen LogP contribution in [0.25, 0.3) is 0 Å². The summed E-state index contributed by atoms with van der Waals surface area (Å²) in [6.07, 6.45) is 0. The average Bonchev–Trinajstić information content (AvgIpc) is 2.68. The molecular formula is C18H28O9S. The summed E-state index contributed by atoms with van der Waals surface area (Å²) in [6.45, 7) is 3.95. The molecule has 1 rings (SSSR count). The molecule has 0 unspecified atom stereocenters. The Morgan fingerprint density at radius 3 is 1.75 bits per heavy atom. The number of benzene rings is 1. The van der Waals surface area contributed by atoms with Crippen molar-refractivity contribution in [2.75, 3.05) is 66.6 Å². The maximum Gasteiger partial charge on any atom is 0.331 e. The monoisotopic (exact) mass is 420 g/mol. The first-order valence-corrected chi connectivity index (χ1v) is 10.2. The molecule has 0 N–H and O–H groups in total. The molecule has 28 heavy (non-hydrogen) atoms. The molecule has 1 aromatic rings. The Morgan fingerprint density at radius 2 is 1.25 bits per heavy atom. The molecular weight excluding hydrogens is 392 g/mol. The van der Waals surface area contributed by atoms with Crippen LogP contribution in [0, 0.1) is 6.92 Å². The number of carbonyl (C=O) groups excluding carboxylic acids is 1. The maximum atomic E-state index is 11.9. The van der Waals surface area contributed by atoms with E-state index in [9.17, 15) is 13.2 Å². The van der Waals surface area contributed by atoms with Gasteiger partial charge in [0.2, 0.25) is 0 Å². The van der Waals surface area contributed by atoms with Gasteiger partial charge in [0, 0.05) is 0 Å². The molecule has 0 radical (unpaired) electrons. The van der Waals surface area contributed by atoms with Gasteiger partial charge in [0.25, 0.3) is 10.1 Å². The zero-order valence-electron chi connectivity index (χ0n) is 16.3. The summed E-state index contributed by atoms with van der Waals surface area (Å²) in [7, 11) is -2.47. The molecule has 0 heterocycles. The fourth-order valence-electron chi connectivity index (χ4n) is 1.85. The van der Waals surface area contributed by atoms with Gasteiger partial charge in [-0.3, -0.25) is 4.18 Å². The van der Waals surface area contributed by atoms with Crippen LogP contribution in [0.1, 0.15) is 5.56 Å². The van der Waals surface area contributed by atoms with Crippen molar-refractivity contribution in [1.29, 1.82) is 0 Å². The second-order valence-corrected chi connectivity index (χ2v) is 7.17. The summed E-state index contributed by atoms with van der Waals surface area (Å²) >= 11 is 0. The molecule has 0 bridgehead atoms. The molecule has 1 aromatic carbocycles. The fourth-order valence-corrected chi connectivity index (χ4v) is 2.74. The van der Waals surface area contributed by atoms with E-state index >= 15 is 0 Å². The summed E-state index contributed by atoms with van der Waals surface area (Å²) in [6, 6.07) is 6.44. The molecule has 9 nitrogen and oxygen atoms in total. The van der Waals surface area contributed by atoms with Gasteiger partial charge in [-0.15, -0.1) is 0 Å². The third-order valence-corrected chi connectivity index (χ3v) is 4.67. The lowest BCUT2D eigenvalue weighted by Gasteiger charge is -2.08. The van der Waals surface area contributed by atoms with E-state index in [1.807, 2.05) is 6.92 Å². The Kier molecular flexibility index (Phi) is 12.6. The van der Waals surface area contributed by atoms with Crippen molar-refractivity contribution < 1.29 is 41.1 Å². The summed E-state index contributed by atoms with van der Waals surface area (Å²) in [5.41, 5.74) is 0.972. The molecule has 0 saturated heterocycles. The molecule has 10 heteroatoms. The number of hydrogen-bond acceptors (Lipinski definition) is 9. The Balaban J connectivity index is 1.91. The van der Waals surface area contributed by atoms with Crippen LogP contribution >= 0.6 is 0 Å². The highest BCUT2D eigenvalue weighted by Gasteiger charge is 2.14. The van der Waals surface area contributed by atoms with Crippen molar-refractivity contribution in [3.63, 3.8) is 0 Å². The smallest absolute Gasteiger partial charge is 0.331 e. The molecule has 0 amide bonds. The molecule has 0 saturated carbocycles. The highest BCUT2D eigenvalue weighted by molar-refractivity contribution is 7.86. The fraction of sp³-hybridized carbons (Fsp3) is 0.611. The second-order valence-electron chi connectivity index (χ2n) is 5.55. The van der Waals surface area contributed by atoms with E-state index in [0.29, 0.717) is 39.6 Å². The lowest BCUT2D eigenvalue weighted by atomic mass is 10.2. The first kappa shape index (κ1) is 24.5. The third-order valence-electron chi connectivity index (χ3n) is 3.34. The maximum absolute atomic E-state index is 11.9. The topological polar surface area (TPSA) is 107 Å². The van der Waals surface area contributed by atoms with Gasteiger partial charge in [0.05, 0.1) is 64.9 Å². The minimum Gasteiger partial charge on any atom is -0.467 e. The Hall–Kier alpha value is -1.56.